The lowest BCUT2D eigenvalue weighted by Crippen LogP contribution is -2.48. The third kappa shape index (κ3) is 4.49. The second-order valence-electron chi connectivity index (χ2n) is 5.00. The van der Waals surface area contributed by atoms with Crippen LogP contribution in [0.4, 0.5) is 8.78 Å². The molecule has 6 heteroatoms. The van der Waals surface area contributed by atoms with E-state index in [0.29, 0.717) is 13.0 Å². The van der Waals surface area contributed by atoms with Crippen LogP contribution in [-0.4, -0.2) is 42.6 Å². The topological polar surface area (TPSA) is 61.7 Å². The van der Waals surface area contributed by atoms with Gasteiger partial charge in [-0.2, -0.15) is 0 Å². The maximum absolute atomic E-state index is 13.5. The fraction of sp³-hybridized carbons (Fsp3) is 0.571. The molecule has 0 aliphatic rings. The van der Waals surface area contributed by atoms with Gasteiger partial charge in [-0.3, -0.25) is 0 Å². The van der Waals surface area contributed by atoms with Crippen molar-refractivity contribution in [3.05, 3.63) is 35.4 Å². The highest BCUT2D eigenvalue weighted by Crippen LogP contribution is 2.21. The van der Waals surface area contributed by atoms with Crippen molar-refractivity contribution < 1.29 is 23.7 Å². The molecule has 0 bridgehead atoms. The van der Waals surface area contributed by atoms with Crippen molar-refractivity contribution in [2.75, 3.05) is 26.9 Å². The van der Waals surface area contributed by atoms with Crippen LogP contribution in [-0.2, 0) is 4.74 Å². The van der Waals surface area contributed by atoms with Crippen molar-refractivity contribution in [3.8, 4) is 0 Å². The number of nitrogens with one attached hydrogen (secondary N) is 1. The number of hydrogen-bond donors (Lipinski definition) is 3. The zero-order valence-electron chi connectivity index (χ0n) is 11.7. The van der Waals surface area contributed by atoms with Crippen molar-refractivity contribution in [1.29, 1.82) is 0 Å². The van der Waals surface area contributed by atoms with E-state index < -0.39 is 23.3 Å². The average Bonchev–Trinajstić information content (AvgIpc) is 2.37. The Hall–Kier alpha value is -1.08. The zero-order chi connectivity index (χ0) is 15.2. The summed E-state index contributed by atoms with van der Waals surface area (Å²) in [4.78, 5) is 0. The Morgan fingerprint density at radius 1 is 1.35 bits per heavy atom. The van der Waals surface area contributed by atoms with Crippen LogP contribution in [0.5, 0.6) is 0 Å². The lowest BCUT2D eigenvalue weighted by Gasteiger charge is -2.31. The quantitative estimate of drug-likeness (QED) is 0.676. The molecule has 114 valence electrons. The number of aliphatic hydroxyl groups is 2. The lowest BCUT2D eigenvalue weighted by molar-refractivity contribution is 0.0807. The van der Waals surface area contributed by atoms with Gasteiger partial charge in [0, 0.05) is 25.8 Å². The van der Waals surface area contributed by atoms with E-state index >= 15 is 0 Å². The second kappa shape index (κ2) is 7.64. The molecule has 1 rings (SSSR count). The summed E-state index contributed by atoms with van der Waals surface area (Å²) in [5.74, 6) is -1.56. The predicted octanol–water partition coefficient (Wildman–Crippen LogP) is 1.38. The minimum Gasteiger partial charge on any atom is -0.396 e. The minimum absolute atomic E-state index is 0.0439. The van der Waals surface area contributed by atoms with Gasteiger partial charge in [-0.05, 0) is 25.5 Å². The van der Waals surface area contributed by atoms with Gasteiger partial charge in [0.2, 0.25) is 0 Å². The Morgan fingerprint density at radius 2 is 1.95 bits per heavy atom. The molecule has 0 aliphatic carbocycles. The van der Waals surface area contributed by atoms with Gasteiger partial charge in [0.05, 0.1) is 18.3 Å². The molecular weight excluding hydrogens is 268 g/mol. The smallest absolute Gasteiger partial charge is 0.131 e. The highest BCUT2D eigenvalue weighted by Gasteiger charge is 2.26. The molecule has 20 heavy (non-hydrogen) atoms. The number of rotatable bonds is 8. The largest absolute Gasteiger partial charge is 0.396 e. The molecule has 3 N–H and O–H groups in total. The molecule has 4 nitrogen and oxygen atoms in total. The van der Waals surface area contributed by atoms with Crippen LogP contribution in [0.1, 0.15) is 25.0 Å². The fourth-order valence-electron chi connectivity index (χ4n) is 2.05. The Balaban J connectivity index is 2.72. The van der Waals surface area contributed by atoms with Gasteiger partial charge in [-0.15, -0.1) is 0 Å². The van der Waals surface area contributed by atoms with Crippen LogP contribution in [0.3, 0.4) is 0 Å². The molecule has 1 aromatic carbocycles. The summed E-state index contributed by atoms with van der Waals surface area (Å²) in [6, 6.07) is 3.45. The zero-order valence-corrected chi connectivity index (χ0v) is 11.7. The first-order valence-electron chi connectivity index (χ1n) is 6.40. The predicted molar refractivity (Wildman–Crippen MR) is 71.3 cm³/mol. The standard InChI is InChI=1S/C14H21F2NO3/c1-14(6-7-18,9-20-2)17-8-12(19)13-10(15)4-3-5-11(13)16/h3-5,12,17-19H,6-9H2,1-2H3. The van der Waals surface area contributed by atoms with E-state index in [0.717, 1.165) is 12.1 Å². The molecule has 0 radical (unpaired) electrons. The van der Waals surface area contributed by atoms with E-state index in [-0.39, 0.29) is 18.7 Å². The van der Waals surface area contributed by atoms with Crippen molar-refractivity contribution in [3.63, 3.8) is 0 Å². The number of ether oxygens (including phenoxy) is 1. The monoisotopic (exact) mass is 289 g/mol. The number of β-amino-alcohol motifs (C(OH)–C–C–N with tert-alkyl or cyclic N) is 1. The molecule has 2 atom stereocenters. The Bertz CT molecular complexity index is 403. The van der Waals surface area contributed by atoms with Crippen molar-refractivity contribution in [1.82, 2.24) is 5.32 Å². The third-order valence-electron chi connectivity index (χ3n) is 3.18. The molecule has 0 aliphatic heterocycles. The van der Waals surface area contributed by atoms with E-state index in [1.165, 1.54) is 13.2 Å². The van der Waals surface area contributed by atoms with Gasteiger partial charge in [0.25, 0.3) is 0 Å². The molecule has 0 saturated carbocycles. The van der Waals surface area contributed by atoms with Gasteiger partial charge in [0.15, 0.2) is 0 Å². The first-order chi connectivity index (χ1) is 9.43. The van der Waals surface area contributed by atoms with E-state index in [4.69, 9.17) is 9.84 Å². The summed E-state index contributed by atoms with van der Waals surface area (Å²) in [6.45, 7) is 2.01. The summed E-state index contributed by atoms with van der Waals surface area (Å²) in [5, 5.41) is 21.9. The first-order valence-corrected chi connectivity index (χ1v) is 6.40. The maximum atomic E-state index is 13.5. The fourth-order valence-corrected chi connectivity index (χ4v) is 2.05. The number of methoxy groups -OCH3 is 1. The Morgan fingerprint density at radius 3 is 2.45 bits per heavy atom. The van der Waals surface area contributed by atoms with E-state index in [1.807, 2.05) is 0 Å². The van der Waals surface area contributed by atoms with Gasteiger partial charge >= 0.3 is 0 Å². The average molecular weight is 289 g/mol. The molecule has 0 fully saturated rings. The van der Waals surface area contributed by atoms with Crippen molar-refractivity contribution in [2.45, 2.75) is 25.0 Å². The van der Waals surface area contributed by atoms with Crippen LogP contribution < -0.4 is 5.32 Å². The van der Waals surface area contributed by atoms with Crippen LogP contribution in [0, 0.1) is 11.6 Å². The molecule has 0 heterocycles. The highest BCUT2D eigenvalue weighted by atomic mass is 19.1. The minimum atomic E-state index is -1.31. The van der Waals surface area contributed by atoms with Gasteiger partial charge in [-0.25, -0.2) is 8.78 Å². The normalized spacial score (nSPS) is 15.9. The summed E-state index contributed by atoms with van der Waals surface area (Å²) >= 11 is 0. The van der Waals surface area contributed by atoms with Gasteiger partial charge in [-0.1, -0.05) is 6.07 Å². The maximum Gasteiger partial charge on any atom is 0.131 e. The van der Waals surface area contributed by atoms with Gasteiger partial charge < -0.3 is 20.3 Å². The Labute approximate surface area is 117 Å². The molecule has 0 spiro atoms. The molecule has 0 saturated heterocycles. The summed E-state index contributed by atoms with van der Waals surface area (Å²) < 4.78 is 32.1. The number of benzene rings is 1. The molecule has 1 aromatic rings. The third-order valence-corrected chi connectivity index (χ3v) is 3.18. The van der Waals surface area contributed by atoms with Crippen LogP contribution >= 0.6 is 0 Å². The first kappa shape index (κ1) is 17.0. The molecular formula is C14H21F2NO3. The SMILES string of the molecule is COCC(C)(CCO)NCC(O)c1c(F)cccc1F. The molecule has 2 unspecified atom stereocenters. The Kier molecular flexibility index (Phi) is 6.48. The number of halogens is 2. The van der Waals surface area contributed by atoms with Crippen LogP contribution in [0.15, 0.2) is 18.2 Å². The van der Waals surface area contributed by atoms with E-state index in [9.17, 15) is 13.9 Å². The van der Waals surface area contributed by atoms with Crippen LogP contribution in [0.25, 0.3) is 0 Å². The van der Waals surface area contributed by atoms with E-state index in [1.54, 1.807) is 6.92 Å². The van der Waals surface area contributed by atoms with E-state index in [2.05, 4.69) is 5.32 Å². The van der Waals surface area contributed by atoms with Gasteiger partial charge in [0.1, 0.15) is 11.6 Å². The number of hydrogen-bond acceptors (Lipinski definition) is 4. The van der Waals surface area contributed by atoms with Crippen molar-refractivity contribution in [2.24, 2.45) is 0 Å². The summed E-state index contributed by atoms with van der Waals surface area (Å²) in [7, 11) is 1.52. The van der Waals surface area contributed by atoms with Crippen molar-refractivity contribution >= 4 is 0 Å². The highest BCUT2D eigenvalue weighted by molar-refractivity contribution is 5.22. The molecule has 0 amide bonds. The van der Waals surface area contributed by atoms with Crippen LogP contribution in [0.2, 0.25) is 0 Å². The lowest BCUT2D eigenvalue weighted by atomic mass is 9.98. The summed E-state index contributed by atoms with van der Waals surface area (Å²) in [5.41, 5.74) is -0.935. The number of aliphatic hydroxyl groups excluding tert-OH is 2. The summed E-state index contributed by atoms with van der Waals surface area (Å²) in [6.07, 6.45) is -0.918. The second-order valence-corrected chi connectivity index (χ2v) is 5.00. The molecule has 0 aromatic heterocycles.